The van der Waals surface area contributed by atoms with Crippen molar-refractivity contribution in [2.24, 2.45) is 0 Å². The molecule has 2 rings (SSSR count). The summed E-state index contributed by atoms with van der Waals surface area (Å²) in [4.78, 5) is 5.20. The molecule has 0 bridgehead atoms. The van der Waals surface area contributed by atoms with Crippen molar-refractivity contribution in [3.63, 3.8) is 0 Å². The minimum atomic E-state index is 0.572. The molecule has 13 heavy (non-hydrogen) atoms. The normalized spacial score (nSPS) is 36.8. The minimum absolute atomic E-state index is 0.572. The molecule has 74 valence electrons. The lowest BCUT2D eigenvalue weighted by Gasteiger charge is -2.57. The fraction of sp³-hybridized carbons (Fsp3) is 1.00. The van der Waals surface area contributed by atoms with Crippen LogP contribution < -0.4 is 0 Å². The van der Waals surface area contributed by atoms with E-state index in [9.17, 15) is 0 Å². The summed E-state index contributed by atoms with van der Waals surface area (Å²) in [5, 5.41) is 0. The first-order valence-corrected chi connectivity index (χ1v) is 5.59. The molecule has 1 unspecified atom stereocenters. The van der Waals surface area contributed by atoms with E-state index in [4.69, 9.17) is 0 Å². The fourth-order valence-electron chi connectivity index (χ4n) is 2.76. The van der Waals surface area contributed by atoms with Crippen LogP contribution in [0.25, 0.3) is 0 Å². The zero-order valence-electron chi connectivity index (χ0n) is 9.21. The van der Waals surface area contributed by atoms with Crippen molar-refractivity contribution in [3.05, 3.63) is 0 Å². The van der Waals surface area contributed by atoms with Gasteiger partial charge in [-0.05, 0) is 46.2 Å². The lowest BCUT2D eigenvalue weighted by molar-refractivity contribution is -0.0154. The van der Waals surface area contributed by atoms with E-state index in [2.05, 4.69) is 31.5 Å². The highest BCUT2D eigenvalue weighted by molar-refractivity contribution is 6.05. The zero-order valence-corrected chi connectivity index (χ0v) is 9.21. The first-order chi connectivity index (χ1) is 6.14. The summed E-state index contributed by atoms with van der Waals surface area (Å²) in [6, 6.07) is 0.728. The molecule has 0 aromatic carbocycles. The molecule has 2 fully saturated rings. The van der Waals surface area contributed by atoms with Crippen molar-refractivity contribution in [2.45, 2.75) is 44.7 Å². The van der Waals surface area contributed by atoms with Gasteiger partial charge in [0.1, 0.15) is 0 Å². The van der Waals surface area contributed by atoms with E-state index in [1.807, 2.05) is 0 Å². The summed E-state index contributed by atoms with van der Waals surface area (Å²) >= 11 is 0. The van der Waals surface area contributed by atoms with Crippen molar-refractivity contribution in [2.75, 3.05) is 19.6 Å². The van der Waals surface area contributed by atoms with Gasteiger partial charge in [0.15, 0.2) is 7.98 Å². The topological polar surface area (TPSA) is 6.48 Å². The van der Waals surface area contributed by atoms with Crippen molar-refractivity contribution in [1.82, 2.24) is 9.71 Å². The Bertz CT molecular complexity index is 195. The van der Waals surface area contributed by atoms with E-state index in [0.717, 1.165) is 6.04 Å². The summed E-state index contributed by atoms with van der Waals surface area (Å²) < 4.78 is 0. The van der Waals surface area contributed by atoms with Crippen LogP contribution in [0.3, 0.4) is 0 Å². The molecule has 0 amide bonds. The first kappa shape index (κ1) is 9.54. The Morgan fingerprint density at radius 2 is 2.00 bits per heavy atom. The van der Waals surface area contributed by atoms with Crippen LogP contribution in [0, 0.1) is 0 Å². The third-order valence-corrected chi connectivity index (χ3v) is 4.04. The molecule has 0 aliphatic carbocycles. The van der Waals surface area contributed by atoms with Gasteiger partial charge in [-0.25, -0.2) is 0 Å². The van der Waals surface area contributed by atoms with E-state index < -0.39 is 0 Å². The number of rotatable bonds is 1. The smallest absolute Gasteiger partial charge is 0.186 e. The van der Waals surface area contributed by atoms with Gasteiger partial charge in [-0.3, -0.25) is 4.90 Å². The molecule has 0 saturated carbocycles. The van der Waals surface area contributed by atoms with Gasteiger partial charge in [0.05, 0.1) is 0 Å². The quantitative estimate of drug-likeness (QED) is 0.541. The van der Waals surface area contributed by atoms with Crippen LogP contribution in [0.4, 0.5) is 0 Å². The summed E-state index contributed by atoms with van der Waals surface area (Å²) in [5.74, 6) is 0. The van der Waals surface area contributed by atoms with Crippen LogP contribution in [0.2, 0.25) is 0 Å². The van der Waals surface area contributed by atoms with E-state index >= 15 is 0 Å². The molecular formula is C10H21BN2. The summed E-state index contributed by atoms with van der Waals surface area (Å²) in [6.45, 7) is 8.57. The second-order valence-electron chi connectivity index (χ2n) is 5.06. The average Bonchev–Trinajstić information content (AvgIpc) is 2.16. The number of likely N-dealkylation sites (tertiary alicyclic amines) is 1. The Morgan fingerprint density at radius 1 is 1.23 bits per heavy atom. The number of hydrogen-bond donors (Lipinski definition) is 0. The fourth-order valence-corrected chi connectivity index (χ4v) is 2.76. The van der Waals surface area contributed by atoms with Crippen LogP contribution in [-0.4, -0.2) is 48.9 Å². The SMILES string of the molecule is BN1CCC12CCCN(C(C)C)C2. The molecule has 2 aliphatic heterocycles. The number of piperidine rings is 1. The van der Waals surface area contributed by atoms with Crippen LogP contribution in [-0.2, 0) is 0 Å². The lowest BCUT2D eigenvalue weighted by atomic mass is 9.75. The van der Waals surface area contributed by atoms with Crippen LogP contribution in [0.1, 0.15) is 33.1 Å². The third kappa shape index (κ3) is 1.53. The molecule has 2 nitrogen and oxygen atoms in total. The van der Waals surface area contributed by atoms with E-state index in [0.29, 0.717) is 5.54 Å². The van der Waals surface area contributed by atoms with Gasteiger partial charge in [-0.1, -0.05) is 0 Å². The molecule has 2 aliphatic rings. The highest BCUT2D eigenvalue weighted by Crippen LogP contribution is 2.37. The largest absolute Gasteiger partial charge is 0.343 e. The predicted molar refractivity (Wildman–Crippen MR) is 58.5 cm³/mol. The molecule has 1 spiro atoms. The third-order valence-electron chi connectivity index (χ3n) is 4.04. The molecule has 1 atom stereocenters. The lowest BCUT2D eigenvalue weighted by Crippen LogP contribution is -2.66. The maximum atomic E-state index is 2.64. The maximum absolute atomic E-state index is 2.64. The summed E-state index contributed by atoms with van der Waals surface area (Å²) in [7, 11) is 2.29. The van der Waals surface area contributed by atoms with Gasteiger partial charge in [0.25, 0.3) is 0 Å². The highest BCUT2D eigenvalue weighted by Gasteiger charge is 2.44. The second kappa shape index (κ2) is 3.28. The van der Waals surface area contributed by atoms with E-state index in [-0.39, 0.29) is 0 Å². The Morgan fingerprint density at radius 3 is 2.46 bits per heavy atom. The van der Waals surface area contributed by atoms with Gasteiger partial charge in [0.2, 0.25) is 0 Å². The Hall–Kier alpha value is -0.0151. The van der Waals surface area contributed by atoms with Crippen LogP contribution >= 0.6 is 0 Å². The second-order valence-corrected chi connectivity index (χ2v) is 5.06. The first-order valence-electron chi connectivity index (χ1n) is 5.59. The summed E-state index contributed by atoms with van der Waals surface area (Å²) in [5.41, 5.74) is 0.572. The maximum Gasteiger partial charge on any atom is 0.186 e. The van der Waals surface area contributed by atoms with Crippen LogP contribution in [0.15, 0.2) is 0 Å². The highest BCUT2D eigenvalue weighted by atomic mass is 15.3. The molecule has 2 saturated heterocycles. The van der Waals surface area contributed by atoms with Gasteiger partial charge < -0.3 is 4.81 Å². The zero-order chi connectivity index (χ0) is 9.47. The van der Waals surface area contributed by atoms with E-state index in [1.165, 1.54) is 38.9 Å². The number of hydrogen-bond acceptors (Lipinski definition) is 2. The minimum Gasteiger partial charge on any atom is -0.343 e. The molecule has 0 N–H and O–H groups in total. The molecule has 2 heterocycles. The molecule has 0 aromatic heterocycles. The van der Waals surface area contributed by atoms with Crippen molar-refractivity contribution < 1.29 is 0 Å². The van der Waals surface area contributed by atoms with E-state index in [1.54, 1.807) is 0 Å². The molecule has 0 aromatic rings. The molecule has 0 radical (unpaired) electrons. The monoisotopic (exact) mass is 180 g/mol. The van der Waals surface area contributed by atoms with Crippen molar-refractivity contribution in [3.8, 4) is 0 Å². The van der Waals surface area contributed by atoms with Gasteiger partial charge in [-0.2, -0.15) is 0 Å². The van der Waals surface area contributed by atoms with Gasteiger partial charge in [0, 0.05) is 18.1 Å². The summed E-state index contributed by atoms with van der Waals surface area (Å²) in [6.07, 6.45) is 4.24. The Kier molecular flexibility index (Phi) is 2.41. The Balaban J connectivity index is 1.99. The van der Waals surface area contributed by atoms with Gasteiger partial charge >= 0.3 is 0 Å². The average molecular weight is 180 g/mol. The van der Waals surface area contributed by atoms with Crippen molar-refractivity contribution >= 4 is 7.98 Å². The van der Waals surface area contributed by atoms with Gasteiger partial charge in [-0.15, -0.1) is 0 Å². The number of nitrogens with zero attached hydrogens (tertiary/aromatic N) is 2. The van der Waals surface area contributed by atoms with Crippen molar-refractivity contribution in [1.29, 1.82) is 0 Å². The molecule has 3 heteroatoms. The van der Waals surface area contributed by atoms with Crippen LogP contribution in [0.5, 0.6) is 0 Å². The Labute approximate surface area is 82.7 Å². The predicted octanol–water partition coefficient (Wildman–Crippen LogP) is 0.483. The molecular weight excluding hydrogens is 159 g/mol. The standard InChI is InChI=1S/C10H21BN2/c1-9(2)12-6-3-4-10(8-12)5-7-13(10)11/h9H,3-8,11H2,1-2H3.